The van der Waals surface area contributed by atoms with Crippen molar-refractivity contribution in [2.45, 2.75) is 0 Å². The molecule has 0 saturated heterocycles. The average Bonchev–Trinajstić information content (AvgIpc) is 3.19. The summed E-state index contributed by atoms with van der Waals surface area (Å²) in [6.45, 7) is 0. The van der Waals surface area contributed by atoms with Gasteiger partial charge in [0.05, 0.1) is 0 Å². The summed E-state index contributed by atoms with van der Waals surface area (Å²) in [6, 6.07) is 67.7. The lowest BCUT2D eigenvalue weighted by Crippen LogP contribution is -1.93. The highest BCUT2D eigenvalue weighted by Crippen LogP contribution is 2.47. The highest BCUT2D eigenvalue weighted by atomic mass is 14.2. The Morgan fingerprint density at radius 1 is 0.200 bits per heavy atom. The molecule has 0 unspecified atom stereocenters. The quantitative estimate of drug-likeness (QED) is 0.170. The van der Waals surface area contributed by atoms with Crippen molar-refractivity contribution in [3.05, 3.63) is 182 Å². The molecular weight excluding hydrogens is 601 g/mol. The second-order valence-corrected chi connectivity index (χ2v) is 13.6. The standard InChI is InChI=1S/C50H30/c1-2-8-31(9-3-1)38-24-27-43(42-26-21-37-19-17-33-11-7-13-35-23-29-45(42)50(37)48(33)35)46(30-38)40-15-5-4-14-39(40)41-25-20-36-18-16-32-10-6-12-34-22-28-44(41)49(36)47(32)34/h1-30H. The van der Waals surface area contributed by atoms with Crippen LogP contribution in [0.1, 0.15) is 0 Å². The van der Waals surface area contributed by atoms with Crippen molar-refractivity contribution in [1.29, 1.82) is 0 Å². The lowest BCUT2D eigenvalue weighted by atomic mass is 9.83. The second kappa shape index (κ2) is 10.5. The first-order valence-electron chi connectivity index (χ1n) is 17.4. The largest absolute Gasteiger partial charge is 0.0622 e. The highest BCUT2D eigenvalue weighted by Gasteiger charge is 2.20. The summed E-state index contributed by atoms with van der Waals surface area (Å²) >= 11 is 0. The molecule has 50 heavy (non-hydrogen) atoms. The van der Waals surface area contributed by atoms with Gasteiger partial charge in [-0.1, -0.05) is 176 Å². The first-order valence-corrected chi connectivity index (χ1v) is 17.4. The van der Waals surface area contributed by atoms with Crippen molar-refractivity contribution in [2.24, 2.45) is 0 Å². The van der Waals surface area contributed by atoms with Gasteiger partial charge in [-0.05, 0) is 115 Å². The fourth-order valence-corrected chi connectivity index (χ4v) is 8.71. The van der Waals surface area contributed by atoms with E-state index in [0.717, 1.165) is 0 Å². The number of rotatable bonds is 4. The summed E-state index contributed by atoms with van der Waals surface area (Å²) in [6.07, 6.45) is 0. The van der Waals surface area contributed by atoms with Gasteiger partial charge in [0.15, 0.2) is 0 Å². The first-order chi connectivity index (χ1) is 24.8. The van der Waals surface area contributed by atoms with Gasteiger partial charge in [-0.25, -0.2) is 0 Å². The molecule has 0 amide bonds. The molecular formula is C50H30. The third-order valence-electron chi connectivity index (χ3n) is 11.0. The fourth-order valence-electron chi connectivity index (χ4n) is 8.71. The Morgan fingerprint density at radius 2 is 0.600 bits per heavy atom. The second-order valence-electron chi connectivity index (χ2n) is 13.6. The number of benzene rings is 11. The highest BCUT2D eigenvalue weighted by molar-refractivity contribution is 6.27. The van der Waals surface area contributed by atoms with Gasteiger partial charge >= 0.3 is 0 Å². The Labute approximate surface area is 290 Å². The minimum Gasteiger partial charge on any atom is -0.0622 e. The Morgan fingerprint density at radius 3 is 1.14 bits per heavy atom. The molecule has 0 spiro atoms. The zero-order valence-corrected chi connectivity index (χ0v) is 27.3. The molecule has 0 N–H and O–H groups in total. The molecule has 11 aromatic rings. The minimum atomic E-state index is 1.22. The van der Waals surface area contributed by atoms with E-state index in [2.05, 4.69) is 182 Å². The van der Waals surface area contributed by atoms with E-state index in [-0.39, 0.29) is 0 Å². The topological polar surface area (TPSA) is 0 Å². The molecule has 0 heterocycles. The maximum Gasteiger partial charge on any atom is -0.00206 e. The zero-order chi connectivity index (χ0) is 32.8. The fraction of sp³-hybridized carbons (Fsp3) is 0. The van der Waals surface area contributed by atoms with Gasteiger partial charge in [-0.2, -0.15) is 0 Å². The molecule has 230 valence electrons. The van der Waals surface area contributed by atoms with Gasteiger partial charge in [0.25, 0.3) is 0 Å². The number of hydrogen-bond donors (Lipinski definition) is 0. The van der Waals surface area contributed by atoms with E-state index in [9.17, 15) is 0 Å². The van der Waals surface area contributed by atoms with E-state index < -0.39 is 0 Å². The third-order valence-corrected chi connectivity index (χ3v) is 11.0. The van der Waals surface area contributed by atoms with Gasteiger partial charge in [0.1, 0.15) is 0 Å². The van der Waals surface area contributed by atoms with E-state index in [1.165, 1.54) is 109 Å². The molecule has 0 aliphatic carbocycles. The van der Waals surface area contributed by atoms with Crippen molar-refractivity contribution in [3.8, 4) is 44.5 Å². The van der Waals surface area contributed by atoms with Crippen LogP contribution in [0.25, 0.3) is 109 Å². The summed E-state index contributed by atoms with van der Waals surface area (Å²) in [5, 5.41) is 15.7. The van der Waals surface area contributed by atoms with Crippen molar-refractivity contribution in [3.63, 3.8) is 0 Å². The van der Waals surface area contributed by atoms with Crippen LogP contribution in [0, 0.1) is 0 Å². The Hall–Kier alpha value is -6.50. The van der Waals surface area contributed by atoms with Crippen LogP contribution in [-0.4, -0.2) is 0 Å². The van der Waals surface area contributed by atoms with Gasteiger partial charge < -0.3 is 0 Å². The average molecular weight is 631 g/mol. The normalized spacial score (nSPS) is 12.0. The van der Waals surface area contributed by atoms with E-state index >= 15 is 0 Å². The molecule has 0 radical (unpaired) electrons. The van der Waals surface area contributed by atoms with Crippen LogP contribution in [0.15, 0.2) is 182 Å². The summed E-state index contributed by atoms with van der Waals surface area (Å²) in [5.41, 5.74) is 9.92. The maximum absolute atomic E-state index is 2.41. The smallest absolute Gasteiger partial charge is 0.00206 e. The Bertz CT molecular complexity index is 3040. The van der Waals surface area contributed by atoms with Gasteiger partial charge in [-0.3, -0.25) is 0 Å². The summed E-state index contributed by atoms with van der Waals surface area (Å²) in [4.78, 5) is 0. The van der Waals surface area contributed by atoms with Crippen molar-refractivity contribution >= 4 is 64.6 Å². The SMILES string of the molecule is c1ccc(-c2ccc(-c3ccc4ccc5cccc6ccc3c4c56)c(-c3ccccc3-c3ccc4ccc5cccc6ccc3c4c56)c2)cc1. The van der Waals surface area contributed by atoms with Gasteiger partial charge in [-0.15, -0.1) is 0 Å². The first kappa shape index (κ1) is 27.5. The molecule has 0 aliphatic heterocycles. The van der Waals surface area contributed by atoms with Crippen molar-refractivity contribution in [2.75, 3.05) is 0 Å². The maximum atomic E-state index is 2.41. The summed E-state index contributed by atoms with van der Waals surface area (Å²) < 4.78 is 0. The molecule has 0 atom stereocenters. The van der Waals surface area contributed by atoms with Crippen LogP contribution in [0.2, 0.25) is 0 Å². The predicted molar refractivity (Wildman–Crippen MR) is 216 cm³/mol. The zero-order valence-electron chi connectivity index (χ0n) is 27.3. The van der Waals surface area contributed by atoms with E-state index in [0.29, 0.717) is 0 Å². The molecule has 0 aliphatic rings. The van der Waals surface area contributed by atoms with Crippen molar-refractivity contribution < 1.29 is 0 Å². The molecule has 0 saturated carbocycles. The van der Waals surface area contributed by atoms with E-state index in [1.54, 1.807) is 0 Å². The minimum absolute atomic E-state index is 1.22. The van der Waals surface area contributed by atoms with E-state index in [4.69, 9.17) is 0 Å². The Kier molecular flexibility index (Phi) is 5.76. The molecule has 11 aromatic carbocycles. The van der Waals surface area contributed by atoms with E-state index in [1.807, 2.05) is 0 Å². The molecule has 0 nitrogen and oxygen atoms in total. The lowest BCUT2D eigenvalue weighted by Gasteiger charge is -2.20. The van der Waals surface area contributed by atoms with Crippen LogP contribution in [0.4, 0.5) is 0 Å². The van der Waals surface area contributed by atoms with Crippen LogP contribution in [-0.2, 0) is 0 Å². The summed E-state index contributed by atoms with van der Waals surface area (Å²) in [5.74, 6) is 0. The van der Waals surface area contributed by atoms with Gasteiger partial charge in [0.2, 0.25) is 0 Å². The third kappa shape index (κ3) is 3.94. The van der Waals surface area contributed by atoms with Crippen molar-refractivity contribution in [1.82, 2.24) is 0 Å². The van der Waals surface area contributed by atoms with Gasteiger partial charge in [0, 0.05) is 0 Å². The van der Waals surface area contributed by atoms with Crippen LogP contribution in [0.5, 0.6) is 0 Å². The molecule has 0 fully saturated rings. The van der Waals surface area contributed by atoms with Crippen LogP contribution in [0.3, 0.4) is 0 Å². The summed E-state index contributed by atoms with van der Waals surface area (Å²) in [7, 11) is 0. The Balaban J connectivity index is 1.22. The molecule has 0 aromatic heterocycles. The predicted octanol–water partition coefficient (Wildman–Crippen LogP) is 14.1. The van der Waals surface area contributed by atoms with Crippen LogP contribution >= 0.6 is 0 Å². The monoisotopic (exact) mass is 630 g/mol. The molecule has 0 heteroatoms. The van der Waals surface area contributed by atoms with Crippen LogP contribution < -0.4 is 0 Å². The molecule has 11 rings (SSSR count). The number of hydrogen-bond acceptors (Lipinski definition) is 0. The molecule has 0 bridgehead atoms. The lowest BCUT2D eigenvalue weighted by molar-refractivity contribution is 1.57.